The molecule has 0 spiro atoms. The van der Waals surface area contributed by atoms with E-state index in [1.165, 1.54) is 5.39 Å². The molecule has 4 nitrogen and oxygen atoms in total. The van der Waals surface area contributed by atoms with Gasteiger partial charge in [-0.05, 0) is 40.6 Å². The Morgan fingerprint density at radius 1 is 0.920 bits per heavy atom. The highest BCUT2D eigenvalue weighted by Gasteiger charge is 2.03. The number of rotatable bonds is 7. The summed E-state index contributed by atoms with van der Waals surface area (Å²) < 4.78 is 10.8. The van der Waals surface area contributed by atoms with Gasteiger partial charge in [-0.25, -0.2) is 0 Å². The quantitative estimate of drug-likeness (QED) is 0.671. The van der Waals surface area contributed by atoms with Gasteiger partial charge in [0.1, 0.15) is 18.1 Å². The van der Waals surface area contributed by atoms with Crippen LogP contribution in [0.4, 0.5) is 0 Å². The standard InChI is InChI=1S/C21H21NO3/c1-24-19-9-6-16(7-10-19)14-21(23)22-12-13-25-20-11-8-17-4-2-3-5-18(17)15-20/h2-11,15H,12-14H2,1H3,(H,22,23). The third-order valence-corrected chi connectivity index (χ3v) is 3.94. The molecule has 0 saturated heterocycles. The number of methoxy groups -OCH3 is 1. The molecule has 0 aliphatic carbocycles. The molecule has 0 fully saturated rings. The molecule has 3 aromatic rings. The van der Waals surface area contributed by atoms with Crippen molar-refractivity contribution in [2.45, 2.75) is 6.42 Å². The molecule has 0 radical (unpaired) electrons. The third-order valence-electron chi connectivity index (χ3n) is 3.94. The molecule has 0 atom stereocenters. The topological polar surface area (TPSA) is 47.6 Å². The molecule has 1 amide bonds. The van der Waals surface area contributed by atoms with Gasteiger partial charge in [0.25, 0.3) is 0 Å². The van der Waals surface area contributed by atoms with Crippen LogP contribution in [0.15, 0.2) is 66.7 Å². The summed E-state index contributed by atoms with van der Waals surface area (Å²) in [4.78, 5) is 12.0. The maximum atomic E-state index is 12.0. The van der Waals surface area contributed by atoms with E-state index in [0.29, 0.717) is 19.6 Å². The summed E-state index contributed by atoms with van der Waals surface area (Å²) >= 11 is 0. The van der Waals surface area contributed by atoms with Gasteiger partial charge in [-0.1, -0.05) is 42.5 Å². The average Bonchev–Trinajstić information content (AvgIpc) is 2.66. The summed E-state index contributed by atoms with van der Waals surface area (Å²) in [6, 6.07) is 21.6. The molecule has 0 aliphatic heterocycles. The lowest BCUT2D eigenvalue weighted by Crippen LogP contribution is -2.29. The minimum absolute atomic E-state index is 0.0210. The number of carbonyl (C=O) groups excluding carboxylic acids is 1. The molecule has 25 heavy (non-hydrogen) atoms. The molecule has 0 aliphatic rings. The van der Waals surface area contributed by atoms with Crippen LogP contribution in [0.5, 0.6) is 11.5 Å². The first-order chi connectivity index (χ1) is 12.2. The first-order valence-corrected chi connectivity index (χ1v) is 8.26. The first kappa shape index (κ1) is 16.8. The van der Waals surface area contributed by atoms with Gasteiger partial charge in [0, 0.05) is 0 Å². The summed E-state index contributed by atoms with van der Waals surface area (Å²) in [7, 11) is 1.62. The predicted octanol–water partition coefficient (Wildman–Crippen LogP) is 3.59. The molecule has 0 aromatic heterocycles. The number of hydrogen-bond acceptors (Lipinski definition) is 3. The number of ether oxygens (including phenoxy) is 2. The number of fused-ring (bicyclic) bond motifs is 1. The second-order valence-electron chi connectivity index (χ2n) is 5.73. The fourth-order valence-electron chi connectivity index (χ4n) is 2.61. The van der Waals surface area contributed by atoms with Crippen LogP contribution in [0.1, 0.15) is 5.56 Å². The Balaban J connectivity index is 1.43. The minimum Gasteiger partial charge on any atom is -0.497 e. The number of carbonyl (C=O) groups is 1. The molecule has 128 valence electrons. The van der Waals surface area contributed by atoms with Gasteiger partial charge >= 0.3 is 0 Å². The van der Waals surface area contributed by atoms with Gasteiger partial charge in [0.2, 0.25) is 5.91 Å². The van der Waals surface area contributed by atoms with Crippen molar-refractivity contribution in [1.82, 2.24) is 5.32 Å². The molecule has 3 rings (SSSR count). The van der Waals surface area contributed by atoms with Crippen LogP contribution in [-0.4, -0.2) is 26.2 Å². The van der Waals surface area contributed by atoms with E-state index in [0.717, 1.165) is 22.4 Å². The Hall–Kier alpha value is -3.01. The van der Waals surface area contributed by atoms with E-state index in [1.807, 2.05) is 54.6 Å². The number of amides is 1. The summed E-state index contributed by atoms with van der Waals surface area (Å²) in [5, 5.41) is 5.20. The van der Waals surface area contributed by atoms with Crippen molar-refractivity contribution in [3.63, 3.8) is 0 Å². The van der Waals surface area contributed by atoms with Gasteiger partial charge in [0.05, 0.1) is 20.1 Å². The van der Waals surface area contributed by atoms with Crippen molar-refractivity contribution in [2.75, 3.05) is 20.3 Å². The van der Waals surface area contributed by atoms with E-state index in [-0.39, 0.29) is 5.91 Å². The predicted molar refractivity (Wildman–Crippen MR) is 99.2 cm³/mol. The highest BCUT2D eigenvalue weighted by Crippen LogP contribution is 2.20. The Bertz CT molecular complexity index is 843. The summed E-state index contributed by atoms with van der Waals surface area (Å²) in [5.41, 5.74) is 0.953. The van der Waals surface area contributed by atoms with Crippen LogP contribution in [0.2, 0.25) is 0 Å². The number of hydrogen-bond donors (Lipinski definition) is 1. The van der Waals surface area contributed by atoms with E-state index in [1.54, 1.807) is 7.11 Å². The second kappa shape index (κ2) is 8.20. The molecule has 4 heteroatoms. The first-order valence-electron chi connectivity index (χ1n) is 8.26. The van der Waals surface area contributed by atoms with Crippen LogP contribution in [0.25, 0.3) is 10.8 Å². The van der Waals surface area contributed by atoms with Gasteiger partial charge < -0.3 is 14.8 Å². The Kier molecular flexibility index (Phi) is 5.52. The number of benzene rings is 3. The number of nitrogens with one attached hydrogen (secondary N) is 1. The maximum Gasteiger partial charge on any atom is 0.224 e. The molecule has 0 heterocycles. The average molecular weight is 335 g/mol. The highest BCUT2D eigenvalue weighted by molar-refractivity contribution is 5.83. The van der Waals surface area contributed by atoms with E-state index in [2.05, 4.69) is 17.4 Å². The lowest BCUT2D eigenvalue weighted by Gasteiger charge is -2.09. The van der Waals surface area contributed by atoms with Crippen molar-refractivity contribution in [3.8, 4) is 11.5 Å². The zero-order chi connectivity index (χ0) is 17.5. The van der Waals surface area contributed by atoms with Gasteiger partial charge in [-0.3, -0.25) is 4.79 Å². The van der Waals surface area contributed by atoms with Gasteiger partial charge in [0.15, 0.2) is 0 Å². The van der Waals surface area contributed by atoms with Crippen LogP contribution in [0, 0.1) is 0 Å². The van der Waals surface area contributed by atoms with Crippen molar-refractivity contribution in [3.05, 3.63) is 72.3 Å². The molecular formula is C21H21NO3. The Labute approximate surface area is 147 Å². The molecule has 1 N–H and O–H groups in total. The van der Waals surface area contributed by atoms with E-state index >= 15 is 0 Å². The van der Waals surface area contributed by atoms with E-state index in [9.17, 15) is 4.79 Å². The fourth-order valence-corrected chi connectivity index (χ4v) is 2.61. The van der Waals surface area contributed by atoms with Crippen molar-refractivity contribution in [1.29, 1.82) is 0 Å². The van der Waals surface area contributed by atoms with Crippen LogP contribution < -0.4 is 14.8 Å². The van der Waals surface area contributed by atoms with Crippen molar-refractivity contribution >= 4 is 16.7 Å². The van der Waals surface area contributed by atoms with Crippen LogP contribution in [0.3, 0.4) is 0 Å². The lowest BCUT2D eigenvalue weighted by atomic mass is 10.1. The summed E-state index contributed by atoms with van der Waals surface area (Å²) in [6.45, 7) is 0.911. The molecule has 0 saturated carbocycles. The SMILES string of the molecule is COc1ccc(CC(=O)NCCOc2ccc3ccccc3c2)cc1. The fraction of sp³-hybridized carbons (Fsp3) is 0.190. The van der Waals surface area contributed by atoms with E-state index in [4.69, 9.17) is 9.47 Å². The monoisotopic (exact) mass is 335 g/mol. The largest absolute Gasteiger partial charge is 0.497 e. The Morgan fingerprint density at radius 2 is 1.64 bits per heavy atom. The third kappa shape index (κ3) is 4.73. The Morgan fingerprint density at radius 3 is 2.40 bits per heavy atom. The van der Waals surface area contributed by atoms with Crippen molar-refractivity contribution in [2.24, 2.45) is 0 Å². The van der Waals surface area contributed by atoms with Crippen LogP contribution >= 0.6 is 0 Å². The maximum absolute atomic E-state index is 12.0. The zero-order valence-electron chi connectivity index (χ0n) is 14.2. The molecule has 0 bridgehead atoms. The minimum atomic E-state index is -0.0210. The zero-order valence-corrected chi connectivity index (χ0v) is 14.2. The van der Waals surface area contributed by atoms with E-state index < -0.39 is 0 Å². The lowest BCUT2D eigenvalue weighted by molar-refractivity contribution is -0.120. The van der Waals surface area contributed by atoms with Gasteiger partial charge in [-0.15, -0.1) is 0 Å². The normalized spacial score (nSPS) is 10.4. The summed E-state index contributed by atoms with van der Waals surface area (Å²) in [6.07, 6.45) is 0.347. The van der Waals surface area contributed by atoms with Crippen LogP contribution in [-0.2, 0) is 11.2 Å². The smallest absolute Gasteiger partial charge is 0.224 e. The van der Waals surface area contributed by atoms with Gasteiger partial charge in [-0.2, -0.15) is 0 Å². The molecule has 3 aromatic carbocycles. The van der Waals surface area contributed by atoms with Crippen molar-refractivity contribution < 1.29 is 14.3 Å². The summed E-state index contributed by atoms with van der Waals surface area (Å²) in [5.74, 6) is 1.57. The molecular weight excluding hydrogens is 314 g/mol. The molecule has 0 unspecified atom stereocenters. The second-order valence-corrected chi connectivity index (χ2v) is 5.73. The highest BCUT2D eigenvalue weighted by atomic mass is 16.5.